The summed E-state index contributed by atoms with van der Waals surface area (Å²) < 4.78 is 0. The Kier molecular flexibility index (Phi) is 4.51. The largest absolute Gasteiger partial charge is 0.352 e. The van der Waals surface area contributed by atoms with Crippen LogP contribution in [0.15, 0.2) is 6.33 Å². The van der Waals surface area contributed by atoms with Crippen LogP contribution in [0.1, 0.15) is 49.8 Å². The molecule has 0 aromatic carbocycles. The maximum Gasteiger partial charge on any atom is 0.135 e. The van der Waals surface area contributed by atoms with Crippen LogP contribution in [0.4, 0.5) is 5.82 Å². The van der Waals surface area contributed by atoms with Crippen molar-refractivity contribution in [2.75, 3.05) is 25.0 Å². The Morgan fingerprint density at radius 3 is 2.95 bits per heavy atom. The third-order valence-electron chi connectivity index (χ3n) is 4.69. The first-order chi connectivity index (χ1) is 9.90. The lowest BCUT2D eigenvalue weighted by atomic mass is 10.00. The van der Waals surface area contributed by atoms with E-state index in [1.54, 1.807) is 6.33 Å². The molecule has 1 saturated heterocycles. The number of likely N-dealkylation sites (N-methyl/N-ethyl adjacent to an activating group) is 1. The SMILES string of the molecule is CNCC1CCCCN1c1ncnc2c1CCCCC2. The van der Waals surface area contributed by atoms with E-state index in [0.717, 1.165) is 25.9 Å². The van der Waals surface area contributed by atoms with Crippen LogP contribution in [0.2, 0.25) is 0 Å². The number of fused-ring (bicyclic) bond motifs is 1. The Balaban J connectivity index is 1.91. The molecule has 20 heavy (non-hydrogen) atoms. The summed E-state index contributed by atoms with van der Waals surface area (Å²) in [6, 6.07) is 0.594. The van der Waals surface area contributed by atoms with Crippen LogP contribution >= 0.6 is 0 Å². The van der Waals surface area contributed by atoms with E-state index in [1.165, 1.54) is 55.6 Å². The fraction of sp³-hybridized carbons (Fsp3) is 0.750. The minimum Gasteiger partial charge on any atom is -0.352 e. The molecule has 1 unspecified atom stereocenters. The molecule has 2 aliphatic rings. The van der Waals surface area contributed by atoms with Gasteiger partial charge in [-0.05, 0) is 52.0 Å². The lowest BCUT2D eigenvalue weighted by Gasteiger charge is -2.37. The highest BCUT2D eigenvalue weighted by atomic mass is 15.2. The summed E-state index contributed by atoms with van der Waals surface area (Å²) in [5.74, 6) is 1.23. The fourth-order valence-corrected chi connectivity index (χ4v) is 3.66. The van der Waals surface area contributed by atoms with Gasteiger partial charge in [0, 0.05) is 30.4 Å². The van der Waals surface area contributed by atoms with Crippen molar-refractivity contribution in [3.63, 3.8) is 0 Å². The van der Waals surface area contributed by atoms with E-state index in [2.05, 4.69) is 20.2 Å². The molecule has 0 bridgehead atoms. The molecule has 0 radical (unpaired) electrons. The number of hydrogen-bond acceptors (Lipinski definition) is 4. The van der Waals surface area contributed by atoms with Crippen molar-refractivity contribution < 1.29 is 0 Å². The summed E-state index contributed by atoms with van der Waals surface area (Å²) in [7, 11) is 2.05. The number of rotatable bonds is 3. The average molecular weight is 274 g/mol. The monoisotopic (exact) mass is 274 g/mol. The Morgan fingerprint density at radius 2 is 2.05 bits per heavy atom. The van der Waals surface area contributed by atoms with Crippen LogP contribution in [-0.2, 0) is 12.8 Å². The van der Waals surface area contributed by atoms with Crippen molar-refractivity contribution in [2.45, 2.75) is 57.4 Å². The van der Waals surface area contributed by atoms with Crippen molar-refractivity contribution >= 4 is 5.82 Å². The number of nitrogens with one attached hydrogen (secondary N) is 1. The van der Waals surface area contributed by atoms with Crippen LogP contribution in [0, 0.1) is 0 Å². The van der Waals surface area contributed by atoms with Crippen molar-refractivity contribution in [2.24, 2.45) is 0 Å². The molecule has 2 heterocycles. The van der Waals surface area contributed by atoms with Gasteiger partial charge in [-0.3, -0.25) is 0 Å². The van der Waals surface area contributed by atoms with Crippen molar-refractivity contribution in [3.8, 4) is 0 Å². The number of hydrogen-bond donors (Lipinski definition) is 1. The first-order valence-electron chi connectivity index (χ1n) is 8.14. The third-order valence-corrected chi connectivity index (χ3v) is 4.69. The van der Waals surface area contributed by atoms with E-state index >= 15 is 0 Å². The first-order valence-corrected chi connectivity index (χ1v) is 8.14. The van der Waals surface area contributed by atoms with Gasteiger partial charge in [-0.2, -0.15) is 0 Å². The first kappa shape index (κ1) is 13.8. The molecule has 1 atom stereocenters. The molecule has 4 heteroatoms. The summed E-state index contributed by atoms with van der Waals surface area (Å²) in [6.07, 6.45) is 11.9. The zero-order valence-corrected chi connectivity index (χ0v) is 12.6. The second-order valence-electron chi connectivity index (χ2n) is 6.08. The second-order valence-corrected chi connectivity index (χ2v) is 6.08. The van der Waals surface area contributed by atoms with E-state index in [-0.39, 0.29) is 0 Å². The summed E-state index contributed by atoms with van der Waals surface area (Å²) in [6.45, 7) is 2.20. The molecule has 1 aliphatic heterocycles. The molecule has 0 amide bonds. The Labute approximate surface area is 122 Å². The predicted octanol–water partition coefficient (Wildman–Crippen LogP) is 2.32. The molecule has 1 aromatic heterocycles. The third kappa shape index (κ3) is 2.80. The molecular formula is C16H26N4. The van der Waals surface area contributed by atoms with E-state index in [0.29, 0.717) is 6.04 Å². The summed E-state index contributed by atoms with van der Waals surface area (Å²) in [4.78, 5) is 11.8. The van der Waals surface area contributed by atoms with Gasteiger partial charge < -0.3 is 10.2 Å². The topological polar surface area (TPSA) is 41.0 Å². The number of nitrogens with zero attached hydrogens (tertiary/aromatic N) is 3. The van der Waals surface area contributed by atoms with Gasteiger partial charge >= 0.3 is 0 Å². The van der Waals surface area contributed by atoms with Gasteiger partial charge in [-0.25, -0.2) is 9.97 Å². The normalized spacial score (nSPS) is 23.2. The van der Waals surface area contributed by atoms with Crippen LogP contribution in [-0.4, -0.2) is 36.1 Å². The van der Waals surface area contributed by atoms with E-state index in [9.17, 15) is 0 Å². The number of anilines is 1. The summed E-state index contributed by atoms with van der Waals surface area (Å²) in [5, 5.41) is 3.34. The van der Waals surface area contributed by atoms with Crippen molar-refractivity contribution in [1.29, 1.82) is 0 Å². The van der Waals surface area contributed by atoms with Crippen LogP contribution < -0.4 is 10.2 Å². The molecule has 1 N–H and O–H groups in total. The smallest absolute Gasteiger partial charge is 0.135 e. The maximum absolute atomic E-state index is 4.68. The predicted molar refractivity (Wildman–Crippen MR) is 82.2 cm³/mol. The van der Waals surface area contributed by atoms with Gasteiger partial charge in [0.05, 0.1) is 0 Å². The van der Waals surface area contributed by atoms with Gasteiger partial charge in [0.25, 0.3) is 0 Å². The van der Waals surface area contributed by atoms with Gasteiger partial charge in [-0.15, -0.1) is 0 Å². The lowest BCUT2D eigenvalue weighted by Crippen LogP contribution is -2.46. The Bertz CT molecular complexity index is 444. The van der Waals surface area contributed by atoms with Gasteiger partial charge in [0.1, 0.15) is 12.1 Å². The average Bonchev–Trinajstić information content (AvgIpc) is 2.73. The molecular weight excluding hydrogens is 248 g/mol. The van der Waals surface area contributed by atoms with Gasteiger partial charge in [-0.1, -0.05) is 6.42 Å². The van der Waals surface area contributed by atoms with Crippen molar-refractivity contribution in [1.82, 2.24) is 15.3 Å². The molecule has 1 fully saturated rings. The lowest BCUT2D eigenvalue weighted by molar-refractivity contribution is 0.442. The molecule has 4 nitrogen and oxygen atoms in total. The molecule has 0 saturated carbocycles. The van der Waals surface area contributed by atoms with E-state index in [4.69, 9.17) is 0 Å². The van der Waals surface area contributed by atoms with E-state index < -0.39 is 0 Å². The maximum atomic E-state index is 4.68. The van der Waals surface area contributed by atoms with Crippen LogP contribution in [0.3, 0.4) is 0 Å². The van der Waals surface area contributed by atoms with Crippen LogP contribution in [0.5, 0.6) is 0 Å². The number of aryl methyl sites for hydroxylation is 1. The van der Waals surface area contributed by atoms with Gasteiger partial charge in [0.15, 0.2) is 0 Å². The quantitative estimate of drug-likeness (QED) is 0.859. The zero-order valence-electron chi connectivity index (χ0n) is 12.6. The molecule has 3 rings (SSSR count). The Morgan fingerprint density at radius 1 is 1.15 bits per heavy atom. The molecule has 110 valence electrons. The summed E-state index contributed by atoms with van der Waals surface area (Å²) >= 11 is 0. The zero-order chi connectivity index (χ0) is 13.8. The molecule has 1 aliphatic carbocycles. The standard InChI is InChI=1S/C16H26N4/c1-17-11-13-7-5-6-10-20(13)16-14-8-3-2-4-9-15(14)18-12-19-16/h12-13,17H,2-11H2,1H3. The van der Waals surface area contributed by atoms with Gasteiger partial charge in [0.2, 0.25) is 0 Å². The fourth-order valence-electron chi connectivity index (χ4n) is 3.66. The highest BCUT2D eigenvalue weighted by Gasteiger charge is 2.26. The Hall–Kier alpha value is -1.16. The van der Waals surface area contributed by atoms with E-state index in [1.807, 2.05) is 7.05 Å². The number of piperidine rings is 1. The molecule has 0 spiro atoms. The van der Waals surface area contributed by atoms with Crippen LogP contribution in [0.25, 0.3) is 0 Å². The highest BCUT2D eigenvalue weighted by Crippen LogP contribution is 2.30. The summed E-state index contributed by atoms with van der Waals surface area (Å²) in [5.41, 5.74) is 2.74. The second kappa shape index (κ2) is 6.53. The highest BCUT2D eigenvalue weighted by molar-refractivity contribution is 5.50. The van der Waals surface area contributed by atoms with Crippen molar-refractivity contribution in [3.05, 3.63) is 17.6 Å². The molecule has 1 aromatic rings. The minimum atomic E-state index is 0.594. The minimum absolute atomic E-state index is 0.594. The number of aromatic nitrogens is 2.